The Morgan fingerprint density at radius 3 is 2.71 bits per heavy atom. The molecule has 0 aromatic carbocycles. The molecule has 17 heavy (non-hydrogen) atoms. The molecule has 1 rings (SSSR count). The quantitative estimate of drug-likeness (QED) is 0.767. The number of carbonyl (C=O) groups is 1. The zero-order valence-electron chi connectivity index (χ0n) is 11.1. The average Bonchev–Trinajstić information content (AvgIpc) is 2.52. The molecule has 1 atom stereocenters. The molecule has 0 aliphatic rings. The van der Waals surface area contributed by atoms with Gasteiger partial charge in [-0.25, -0.2) is 0 Å². The van der Waals surface area contributed by atoms with Gasteiger partial charge in [-0.3, -0.25) is 9.48 Å². The minimum absolute atomic E-state index is 0.194. The highest BCUT2D eigenvalue weighted by molar-refractivity contribution is 5.76. The topological polar surface area (TPSA) is 72.9 Å². The number of aromatic nitrogens is 2. The third-order valence-corrected chi connectivity index (χ3v) is 3.02. The predicted octanol–water partition coefficient (Wildman–Crippen LogP) is 0.731. The number of aryl methyl sites for hydroxylation is 1. The van der Waals surface area contributed by atoms with Crippen molar-refractivity contribution in [3.63, 3.8) is 0 Å². The van der Waals surface area contributed by atoms with Crippen LogP contribution in [-0.2, 0) is 17.9 Å². The summed E-state index contributed by atoms with van der Waals surface area (Å²) in [6.45, 7) is 10.2. The number of hydrogen-bond acceptors (Lipinski definition) is 3. The molecule has 0 radical (unpaired) electrons. The number of carbonyl (C=O) groups excluding carboxylic acids is 1. The van der Waals surface area contributed by atoms with Gasteiger partial charge in [-0.1, -0.05) is 13.8 Å². The summed E-state index contributed by atoms with van der Waals surface area (Å²) in [7, 11) is 0. The van der Waals surface area contributed by atoms with Crippen LogP contribution in [0.15, 0.2) is 0 Å². The Bertz CT molecular complexity index is 397. The number of nitrogens with zero attached hydrogens (tertiary/aromatic N) is 2. The van der Waals surface area contributed by atoms with Crippen LogP contribution in [0, 0.1) is 19.8 Å². The highest BCUT2D eigenvalue weighted by Crippen LogP contribution is 2.14. The highest BCUT2D eigenvalue weighted by Gasteiger charge is 2.15. The molecule has 5 heteroatoms. The Hall–Kier alpha value is -1.36. The number of rotatable bonds is 6. The van der Waals surface area contributed by atoms with Gasteiger partial charge in [0.15, 0.2) is 0 Å². The molecule has 0 bridgehead atoms. The van der Waals surface area contributed by atoms with Gasteiger partial charge in [0.05, 0.1) is 18.2 Å². The van der Waals surface area contributed by atoms with E-state index in [1.54, 1.807) is 0 Å². The summed E-state index contributed by atoms with van der Waals surface area (Å²) in [6, 6.07) is 0. The van der Waals surface area contributed by atoms with Crippen LogP contribution in [0.4, 0.5) is 0 Å². The van der Waals surface area contributed by atoms with E-state index in [1.807, 2.05) is 25.5 Å². The summed E-state index contributed by atoms with van der Waals surface area (Å²) in [5.74, 6) is -0.481. The molecule has 0 saturated heterocycles. The smallest absolute Gasteiger partial charge is 0.222 e. The molecule has 1 amide bonds. The van der Waals surface area contributed by atoms with Gasteiger partial charge >= 0.3 is 0 Å². The normalized spacial score (nSPS) is 12.7. The Morgan fingerprint density at radius 1 is 1.53 bits per heavy atom. The Labute approximate surface area is 102 Å². The molecule has 0 spiro atoms. The molecule has 5 nitrogen and oxygen atoms in total. The zero-order valence-corrected chi connectivity index (χ0v) is 11.1. The number of hydrogen-bond donors (Lipinski definition) is 2. The first-order chi connectivity index (χ1) is 7.97. The lowest BCUT2D eigenvalue weighted by atomic mass is 10.1. The fourth-order valence-electron chi connectivity index (χ4n) is 1.77. The van der Waals surface area contributed by atoms with Crippen molar-refractivity contribution in [2.45, 2.75) is 40.8 Å². The van der Waals surface area contributed by atoms with Crippen molar-refractivity contribution >= 4 is 5.91 Å². The molecule has 3 N–H and O–H groups in total. The lowest BCUT2D eigenvalue weighted by Gasteiger charge is -2.09. The van der Waals surface area contributed by atoms with Crippen molar-refractivity contribution in [1.82, 2.24) is 15.1 Å². The lowest BCUT2D eigenvalue weighted by Crippen LogP contribution is -2.25. The fraction of sp³-hybridized carbons (Fsp3) is 0.667. The maximum absolute atomic E-state index is 11.0. The van der Waals surface area contributed by atoms with Crippen LogP contribution in [0.1, 0.15) is 30.8 Å². The van der Waals surface area contributed by atoms with E-state index in [4.69, 9.17) is 5.73 Å². The van der Waals surface area contributed by atoms with Gasteiger partial charge in [-0.05, 0) is 20.4 Å². The van der Waals surface area contributed by atoms with Gasteiger partial charge in [-0.2, -0.15) is 5.10 Å². The summed E-state index contributed by atoms with van der Waals surface area (Å²) >= 11 is 0. The molecule has 0 aliphatic heterocycles. The van der Waals surface area contributed by atoms with Crippen molar-refractivity contribution in [2.24, 2.45) is 11.7 Å². The van der Waals surface area contributed by atoms with Gasteiger partial charge in [0.25, 0.3) is 0 Å². The second-order valence-electron chi connectivity index (χ2n) is 4.42. The molecule has 0 saturated carbocycles. The molecule has 1 aromatic rings. The van der Waals surface area contributed by atoms with E-state index >= 15 is 0 Å². The molecule has 1 heterocycles. The lowest BCUT2D eigenvalue weighted by molar-refractivity contribution is -0.121. The number of primary amides is 1. The number of nitrogens with two attached hydrogens (primary N) is 1. The third-order valence-electron chi connectivity index (χ3n) is 3.02. The van der Waals surface area contributed by atoms with Crippen molar-refractivity contribution in [1.29, 1.82) is 0 Å². The Balaban J connectivity index is 2.84. The first-order valence-electron chi connectivity index (χ1n) is 6.00. The second kappa shape index (κ2) is 5.82. The van der Waals surface area contributed by atoms with Crippen LogP contribution >= 0.6 is 0 Å². The Morgan fingerprint density at radius 2 is 2.18 bits per heavy atom. The first kappa shape index (κ1) is 13.7. The minimum atomic E-state index is -0.286. The van der Waals surface area contributed by atoms with Crippen molar-refractivity contribution in [2.75, 3.05) is 6.54 Å². The summed E-state index contributed by atoms with van der Waals surface area (Å²) in [5.41, 5.74) is 8.60. The Kier molecular flexibility index (Phi) is 4.69. The van der Waals surface area contributed by atoms with E-state index < -0.39 is 0 Å². The molecular weight excluding hydrogens is 216 g/mol. The summed E-state index contributed by atoms with van der Waals surface area (Å²) in [6.07, 6.45) is 0. The van der Waals surface area contributed by atoms with Gasteiger partial charge in [0.2, 0.25) is 5.91 Å². The van der Waals surface area contributed by atoms with Crippen molar-refractivity contribution < 1.29 is 4.79 Å². The van der Waals surface area contributed by atoms with E-state index in [-0.39, 0.29) is 11.8 Å². The van der Waals surface area contributed by atoms with E-state index in [1.165, 1.54) is 5.56 Å². The third kappa shape index (κ3) is 3.30. The van der Waals surface area contributed by atoms with E-state index in [0.717, 1.165) is 24.5 Å². The van der Waals surface area contributed by atoms with Crippen molar-refractivity contribution in [3.05, 3.63) is 17.0 Å². The van der Waals surface area contributed by atoms with Crippen LogP contribution in [0.5, 0.6) is 0 Å². The minimum Gasteiger partial charge on any atom is -0.369 e. The summed E-state index contributed by atoms with van der Waals surface area (Å²) in [4.78, 5) is 11.0. The number of nitrogens with one attached hydrogen (secondary N) is 1. The van der Waals surface area contributed by atoms with Crippen molar-refractivity contribution in [3.8, 4) is 0 Å². The average molecular weight is 238 g/mol. The number of amides is 1. The summed E-state index contributed by atoms with van der Waals surface area (Å²) in [5, 5.41) is 7.75. The van der Waals surface area contributed by atoms with E-state index in [2.05, 4.69) is 17.3 Å². The molecule has 0 fully saturated rings. The first-order valence-corrected chi connectivity index (χ1v) is 6.00. The monoisotopic (exact) mass is 238 g/mol. The maximum Gasteiger partial charge on any atom is 0.222 e. The molecular formula is C12H22N4O. The van der Waals surface area contributed by atoms with Crippen LogP contribution in [0.3, 0.4) is 0 Å². The second-order valence-corrected chi connectivity index (χ2v) is 4.42. The molecule has 1 aromatic heterocycles. The van der Waals surface area contributed by atoms with Crippen LogP contribution in [0.2, 0.25) is 0 Å². The highest BCUT2D eigenvalue weighted by atomic mass is 16.1. The SMILES string of the molecule is CCNCc1c(C)nn(CC(C)C(N)=O)c1C. The molecule has 0 aliphatic carbocycles. The molecule has 1 unspecified atom stereocenters. The maximum atomic E-state index is 11.0. The summed E-state index contributed by atoms with van der Waals surface area (Å²) < 4.78 is 1.87. The van der Waals surface area contributed by atoms with Gasteiger partial charge in [-0.15, -0.1) is 0 Å². The van der Waals surface area contributed by atoms with Gasteiger partial charge in [0.1, 0.15) is 0 Å². The molecule has 96 valence electrons. The largest absolute Gasteiger partial charge is 0.369 e. The van der Waals surface area contributed by atoms with E-state index in [0.29, 0.717) is 6.54 Å². The van der Waals surface area contributed by atoms with E-state index in [9.17, 15) is 4.79 Å². The van der Waals surface area contributed by atoms with Gasteiger partial charge < -0.3 is 11.1 Å². The zero-order chi connectivity index (χ0) is 13.0. The van der Waals surface area contributed by atoms with Crippen LogP contribution in [-0.4, -0.2) is 22.2 Å². The van der Waals surface area contributed by atoms with Crippen LogP contribution < -0.4 is 11.1 Å². The fourth-order valence-corrected chi connectivity index (χ4v) is 1.77. The van der Waals surface area contributed by atoms with Crippen LogP contribution in [0.25, 0.3) is 0 Å². The standard InChI is InChI=1S/C12H22N4O/c1-5-14-6-11-9(3)15-16(10(11)4)7-8(2)12(13)17/h8,14H,5-7H2,1-4H3,(H2,13,17). The van der Waals surface area contributed by atoms with Gasteiger partial charge in [0, 0.05) is 17.8 Å². The predicted molar refractivity (Wildman–Crippen MR) is 67.4 cm³/mol.